The zero-order chi connectivity index (χ0) is 9.97. The van der Waals surface area contributed by atoms with Crippen LogP contribution in [0.4, 0.5) is 0 Å². The van der Waals surface area contributed by atoms with Gasteiger partial charge in [0.25, 0.3) is 0 Å². The number of ketones is 1. The monoisotopic (exact) mass is 208 g/mol. The Kier molecular flexibility index (Phi) is 2.36. The maximum Gasteiger partial charge on any atom is 0.181 e. The minimum absolute atomic E-state index is 0.0689. The normalized spacial score (nSPS) is 10.4. The highest BCUT2D eigenvalue weighted by Gasteiger charge is 2.05. The van der Waals surface area contributed by atoms with Gasteiger partial charge in [-0.25, -0.2) is 9.06 Å². The van der Waals surface area contributed by atoms with Crippen LogP contribution in [-0.4, -0.2) is 25.2 Å². The van der Waals surface area contributed by atoms with Gasteiger partial charge in [-0.3, -0.25) is 4.79 Å². The van der Waals surface area contributed by atoms with E-state index in [4.69, 9.17) is 0 Å². The first kappa shape index (κ1) is 9.01. The number of rotatable bonds is 3. The van der Waals surface area contributed by atoms with E-state index in [1.165, 1.54) is 18.5 Å². The predicted molar refractivity (Wildman–Crippen MR) is 51.2 cm³/mol. The molecule has 6 heteroatoms. The van der Waals surface area contributed by atoms with Gasteiger partial charge in [-0.15, -0.1) is 5.10 Å². The molecule has 0 bridgehead atoms. The fourth-order valence-corrected chi connectivity index (χ4v) is 1.59. The minimum atomic E-state index is -0.0689. The van der Waals surface area contributed by atoms with Crippen molar-refractivity contribution in [3.8, 4) is 0 Å². The number of hydrogen-bond donors (Lipinski definition) is 0. The Morgan fingerprint density at radius 2 is 2.50 bits per heavy atom. The lowest BCUT2D eigenvalue weighted by Gasteiger charge is -1.93. The Morgan fingerprint density at radius 1 is 1.64 bits per heavy atom. The van der Waals surface area contributed by atoms with Crippen LogP contribution in [0.3, 0.4) is 0 Å². The van der Waals surface area contributed by atoms with Crippen molar-refractivity contribution < 1.29 is 4.79 Å². The number of hydrogen-bond acceptors (Lipinski definition) is 5. The molecule has 0 unspecified atom stereocenters. The summed E-state index contributed by atoms with van der Waals surface area (Å²) < 4.78 is 5.60. The summed E-state index contributed by atoms with van der Waals surface area (Å²) in [5, 5.41) is 7.58. The summed E-state index contributed by atoms with van der Waals surface area (Å²) in [6.07, 6.45) is 3.38. The highest BCUT2D eigenvalue weighted by molar-refractivity contribution is 7.05. The molecule has 0 aliphatic heterocycles. The molecule has 0 aromatic carbocycles. The molecular weight excluding hydrogens is 200 g/mol. The Labute approximate surface area is 84.5 Å². The van der Waals surface area contributed by atoms with Gasteiger partial charge in [0.1, 0.15) is 5.69 Å². The molecule has 0 fully saturated rings. The van der Waals surface area contributed by atoms with Gasteiger partial charge >= 0.3 is 0 Å². The van der Waals surface area contributed by atoms with E-state index < -0.39 is 0 Å². The quantitative estimate of drug-likeness (QED) is 0.705. The fourth-order valence-electron chi connectivity index (χ4n) is 1.02. The third kappa shape index (κ3) is 1.85. The molecule has 2 heterocycles. The highest BCUT2D eigenvalue weighted by Crippen LogP contribution is 2.06. The number of carbonyl (C=O) groups is 1. The Hall–Kier alpha value is -1.56. The lowest BCUT2D eigenvalue weighted by molar-refractivity contribution is 0.101. The second-order valence-corrected chi connectivity index (χ2v) is 3.75. The van der Waals surface area contributed by atoms with Crippen molar-refractivity contribution in [2.45, 2.75) is 13.5 Å². The molecule has 0 N–H and O–H groups in total. The predicted octanol–water partition coefficient (Wildman–Crippen LogP) is 0.985. The number of nitrogens with zero attached hydrogens (tertiary/aromatic N) is 4. The third-order valence-electron chi connectivity index (χ3n) is 1.71. The van der Waals surface area contributed by atoms with Gasteiger partial charge in [0.15, 0.2) is 5.78 Å². The summed E-state index contributed by atoms with van der Waals surface area (Å²) >= 11 is 1.41. The largest absolute Gasteiger partial charge is 0.293 e. The Balaban J connectivity index is 2.14. The molecule has 2 rings (SSSR count). The summed E-state index contributed by atoms with van der Waals surface area (Å²) in [7, 11) is 0. The lowest BCUT2D eigenvalue weighted by atomic mass is 10.3. The molecule has 2 aromatic heterocycles. The SMILES string of the molecule is CC(=O)c1cn(Cc2ccns2)nn1. The number of Topliss-reactive ketones (excluding diaryl/α,β-unsaturated/α-hetero) is 1. The van der Waals surface area contributed by atoms with E-state index in [0.717, 1.165) is 4.88 Å². The summed E-state index contributed by atoms with van der Waals surface area (Å²) in [5.74, 6) is -0.0689. The summed E-state index contributed by atoms with van der Waals surface area (Å²) in [6.45, 7) is 2.09. The highest BCUT2D eigenvalue weighted by atomic mass is 32.1. The molecule has 0 saturated heterocycles. The van der Waals surface area contributed by atoms with Crippen LogP contribution in [0.1, 0.15) is 22.3 Å². The van der Waals surface area contributed by atoms with Gasteiger partial charge in [-0.05, 0) is 17.6 Å². The summed E-state index contributed by atoms with van der Waals surface area (Å²) in [6, 6.07) is 1.92. The zero-order valence-corrected chi connectivity index (χ0v) is 8.36. The van der Waals surface area contributed by atoms with E-state index in [-0.39, 0.29) is 5.78 Å². The Morgan fingerprint density at radius 3 is 3.07 bits per heavy atom. The molecule has 0 amide bonds. The van der Waals surface area contributed by atoms with Crippen molar-refractivity contribution in [3.63, 3.8) is 0 Å². The van der Waals surface area contributed by atoms with E-state index in [0.29, 0.717) is 12.2 Å². The maximum absolute atomic E-state index is 10.9. The average Bonchev–Trinajstić information content (AvgIpc) is 2.75. The lowest BCUT2D eigenvalue weighted by Crippen LogP contribution is -1.98. The molecule has 2 aromatic rings. The average molecular weight is 208 g/mol. The van der Waals surface area contributed by atoms with Crippen molar-refractivity contribution in [2.24, 2.45) is 0 Å². The number of carbonyl (C=O) groups excluding carboxylic acids is 1. The molecule has 0 aliphatic rings. The van der Waals surface area contributed by atoms with E-state index in [9.17, 15) is 4.79 Å². The first-order valence-electron chi connectivity index (χ1n) is 4.06. The Bertz CT molecular complexity index is 434. The standard InChI is InChI=1S/C8H8N4OS/c1-6(13)8-5-12(11-10-8)4-7-2-3-9-14-7/h2-3,5H,4H2,1H3. The van der Waals surface area contributed by atoms with Crippen molar-refractivity contribution in [2.75, 3.05) is 0 Å². The second kappa shape index (κ2) is 3.67. The van der Waals surface area contributed by atoms with Gasteiger partial charge in [-0.1, -0.05) is 5.21 Å². The number of aromatic nitrogens is 4. The summed E-state index contributed by atoms with van der Waals surface area (Å²) in [5.41, 5.74) is 0.398. The topological polar surface area (TPSA) is 60.7 Å². The molecule has 14 heavy (non-hydrogen) atoms. The molecule has 72 valence electrons. The van der Waals surface area contributed by atoms with E-state index in [2.05, 4.69) is 14.7 Å². The first-order chi connectivity index (χ1) is 6.75. The fraction of sp³-hybridized carbons (Fsp3) is 0.250. The third-order valence-corrected chi connectivity index (χ3v) is 2.44. The van der Waals surface area contributed by atoms with Crippen LogP contribution in [0.2, 0.25) is 0 Å². The molecule has 0 atom stereocenters. The van der Waals surface area contributed by atoms with E-state index in [1.807, 2.05) is 6.07 Å². The second-order valence-electron chi connectivity index (χ2n) is 2.84. The van der Waals surface area contributed by atoms with Gasteiger partial charge in [-0.2, -0.15) is 0 Å². The molecule has 5 nitrogen and oxygen atoms in total. The minimum Gasteiger partial charge on any atom is -0.293 e. The smallest absolute Gasteiger partial charge is 0.181 e. The zero-order valence-electron chi connectivity index (χ0n) is 7.54. The molecule has 0 aliphatic carbocycles. The van der Waals surface area contributed by atoms with Gasteiger partial charge in [0.05, 0.1) is 12.7 Å². The van der Waals surface area contributed by atoms with Gasteiger partial charge < -0.3 is 0 Å². The van der Waals surface area contributed by atoms with Crippen molar-refractivity contribution >= 4 is 17.3 Å². The van der Waals surface area contributed by atoms with Crippen LogP contribution in [-0.2, 0) is 6.54 Å². The molecule has 0 spiro atoms. The van der Waals surface area contributed by atoms with Crippen LogP contribution < -0.4 is 0 Å². The van der Waals surface area contributed by atoms with Gasteiger partial charge in [0, 0.05) is 18.0 Å². The molecule has 0 saturated carbocycles. The van der Waals surface area contributed by atoms with Crippen LogP contribution in [0.15, 0.2) is 18.5 Å². The van der Waals surface area contributed by atoms with Crippen LogP contribution in [0, 0.1) is 0 Å². The van der Waals surface area contributed by atoms with Crippen molar-refractivity contribution in [1.29, 1.82) is 0 Å². The molecular formula is C8H8N4OS. The first-order valence-corrected chi connectivity index (χ1v) is 4.83. The van der Waals surface area contributed by atoms with Crippen LogP contribution in [0.5, 0.6) is 0 Å². The van der Waals surface area contributed by atoms with E-state index >= 15 is 0 Å². The van der Waals surface area contributed by atoms with Crippen LogP contribution in [0.25, 0.3) is 0 Å². The van der Waals surface area contributed by atoms with Crippen molar-refractivity contribution in [1.82, 2.24) is 19.4 Å². The maximum atomic E-state index is 10.9. The summed E-state index contributed by atoms with van der Waals surface area (Å²) in [4.78, 5) is 12.0. The van der Waals surface area contributed by atoms with E-state index in [1.54, 1.807) is 17.1 Å². The van der Waals surface area contributed by atoms with Crippen LogP contribution >= 0.6 is 11.5 Å². The molecule has 0 radical (unpaired) electrons. The van der Waals surface area contributed by atoms with Gasteiger partial charge in [0.2, 0.25) is 0 Å². The van der Waals surface area contributed by atoms with Crippen molar-refractivity contribution in [3.05, 3.63) is 29.0 Å².